The van der Waals surface area contributed by atoms with Gasteiger partial charge in [-0.1, -0.05) is 0 Å². The minimum Gasteiger partial charge on any atom is -0.481 e. The van der Waals surface area contributed by atoms with E-state index >= 15 is 0 Å². The molecule has 0 saturated carbocycles. The second kappa shape index (κ2) is 3.71. The van der Waals surface area contributed by atoms with Crippen molar-refractivity contribution in [2.45, 2.75) is 12.8 Å². The molecule has 0 aromatic carbocycles. The van der Waals surface area contributed by atoms with Gasteiger partial charge in [-0.05, 0) is 6.07 Å². The van der Waals surface area contributed by atoms with E-state index in [0.717, 1.165) is 0 Å². The SMILES string of the molecule is O=C(O)CCC(=O)c1cc[nH]c1. The fourth-order valence-electron chi connectivity index (χ4n) is 0.862. The Kier molecular flexibility index (Phi) is 2.63. The third-order valence-corrected chi connectivity index (χ3v) is 1.49. The number of aromatic nitrogens is 1. The number of carbonyl (C=O) groups is 2. The Hall–Kier alpha value is -1.58. The van der Waals surface area contributed by atoms with E-state index in [0.29, 0.717) is 5.56 Å². The zero-order valence-electron chi connectivity index (χ0n) is 6.41. The minimum absolute atomic E-state index is 0.0627. The highest BCUT2D eigenvalue weighted by atomic mass is 16.4. The molecule has 0 atom stereocenters. The van der Waals surface area contributed by atoms with Crippen molar-refractivity contribution in [3.8, 4) is 0 Å². The van der Waals surface area contributed by atoms with Gasteiger partial charge >= 0.3 is 5.97 Å². The van der Waals surface area contributed by atoms with Gasteiger partial charge in [0, 0.05) is 24.4 Å². The molecule has 1 heterocycles. The number of hydrogen-bond acceptors (Lipinski definition) is 2. The largest absolute Gasteiger partial charge is 0.481 e. The first-order valence-corrected chi connectivity index (χ1v) is 3.58. The molecule has 64 valence electrons. The highest BCUT2D eigenvalue weighted by molar-refractivity contribution is 5.97. The average Bonchev–Trinajstić information content (AvgIpc) is 2.51. The van der Waals surface area contributed by atoms with Crippen LogP contribution in [0.3, 0.4) is 0 Å². The number of Topliss-reactive ketones (excluding diaryl/α,β-unsaturated/α-hetero) is 1. The van der Waals surface area contributed by atoms with Crippen molar-refractivity contribution in [2.24, 2.45) is 0 Å². The van der Waals surface area contributed by atoms with Gasteiger partial charge in [0.1, 0.15) is 0 Å². The van der Waals surface area contributed by atoms with Gasteiger partial charge in [0.15, 0.2) is 5.78 Å². The van der Waals surface area contributed by atoms with Crippen LogP contribution in [0.5, 0.6) is 0 Å². The lowest BCUT2D eigenvalue weighted by molar-refractivity contribution is -0.136. The molecular formula is C8H9NO3. The first-order chi connectivity index (χ1) is 5.70. The topological polar surface area (TPSA) is 70.2 Å². The Balaban J connectivity index is 2.45. The molecule has 2 N–H and O–H groups in total. The van der Waals surface area contributed by atoms with Crippen molar-refractivity contribution >= 4 is 11.8 Å². The fourth-order valence-corrected chi connectivity index (χ4v) is 0.862. The molecule has 0 spiro atoms. The van der Waals surface area contributed by atoms with Crippen LogP contribution in [0.25, 0.3) is 0 Å². The second-order valence-electron chi connectivity index (χ2n) is 2.42. The van der Waals surface area contributed by atoms with Crippen LogP contribution in [0.15, 0.2) is 18.5 Å². The molecule has 1 aromatic rings. The number of H-pyrrole nitrogens is 1. The van der Waals surface area contributed by atoms with Crippen LogP contribution < -0.4 is 0 Å². The Labute approximate surface area is 69.2 Å². The summed E-state index contributed by atoms with van der Waals surface area (Å²) in [4.78, 5) is 24.0. The summed E-state index contributed by atoms with van der Waals surface area (Å²) in [5.41, 5.74) is 0.538. The molecule has 0 amide bonds. The van der Waals surface area contributed by atoms with E-state index in [9.17, 15) is 9.59 Å². The summed E-state index contributed by atoms with van der Waals surface area (Å²) in [6, 6.07) is 1.63. The number of carboxylic acids is 1. The van der Waals surface area contributed by atoms with Gasteiger partial charge in [-0.3, -0.25) is 9.59 Å². The van der Waals surface area contributed by atoms with E-state index in [4.69, 9.17) is 5.11 Å². The first-order valence-electron chi connectivity index (χ1n) is 3.58. The van der Waals surface area contributed by atoms with E-state index in [1.54, 1.807) is 18.5 Å². The third kappa shape index (κ3) is 2.23. The maximum absolute atomic E-state index is 11.1. The van der Waals surface area contributed by atoms with Crippen molar-refractivity contribution in [3.63, 3.8) is 0 Å². The molecule has 0 unspecified atom stereocenters. The molecule has 1 aromatic heterocycles. The molecule has 0 aliphatic rings. The number of aromatic amines is 1. The Morgan fingerprint density at radius 2 is 2.17 bits per heavy atom. The number of aliphatic carboxylic acids is 1. The lowest BCUT2D eigenvalue weighted by Crippen LogP contribution is -2.02. The fraction of sp³-hybridized carbons (Fsp3) is 0.250. The van der Waals surface area contributed by atoms with Gasteiger partial charge in [-0.2, -0.15) is 0 Å². The first kappa shape index (κ1) is 8.52. The molecule has 0 radical (unpaired) electrons. The zero-order valence-corrected chi connectivity index (χ0v) is 6.41. The molecule has 0 saturated heterocycles. The number of hydrogen-bond donors (Lipinski definition) is 2. The van der Waals surface area contributed by atoms with E-state index < -0.39 is 5.97 Å². The molecule has 4 nitrogen and oxygen atoms in total. The normalized spacial score (nSPS) is 9.67. The van der Waals surface area contributed by atoms with Crippen molar-refractivity contribution in [3.05, 3.63) is 24.0 Å². The lowest BCUT2D eigenvalue weighted by Gasteiger charge is -1.92. The van der Waals surface area contributed by atoms with E-state index in [-0.39, 0.29) is 18.6 Å². The summed E-state index contributed by atoms with van der Waals surface area (Å²) in [6.45, 7) is 0. The Morgan fingerprint density at radius 1 is 1.42 bits per heavy atom. The summed E-state index contributed by atoms with van der Waals surface area (Å²) < 4.78 is 0. The number of carbonyl (C=O) groups excluding carboxylic acids is 1. The molecular weight excluding hydrogens is 158 g/mol. The molecule has 0 aliphatic heterocycles. The quantitative estimate of drug-likeness (QED) is 0.659. The van der Waals surface area contributed by atoms with Gasteiger partial charge in [0.05, 0.1) is 6.42 Å². The van der Waals surface area contributed by atoms with E-state index in [1.165, 1.54) is 0 Å². The van der Waals surface area contributed by atoms with Gasteiger partial charge in [0.25, 0.3) is 0 Å². The predicted octanol–water partition coefficient (Wildman–Crippen LogP) is 1.06. The van der Waals surface area contributed by atoms with Gasteiger partial charge in [-0.25, -0.2) is 0 Å². The van der Waals surface area contributed by atoms with Crippen LogP contribution in [-0.4, -0.2) is 21.8 Å². The van der Waals surface area contributed by atoms with Crippen molar-refractivity contribution < 1.29 is 14.7 Å². The standard InChI is InChI=1S/C8H9NO3/c10-7(1-2-8(11)12)6-3-4-9-5-6/h3-5,9H,1-2H2,(H,11,12). The van der Waals surface area contributed by atoms with Gasteiger partial charge < -0.3 is 10.1 Å². The monoisotopic (exact) mass is 167 g/mol. The number of nitrogens with one attached hydrogen (secondary N) is 1. The summed E-state index contributed by atoms with van der Waals surface area (Å²) in [5.74, 6) is -1.09. The Morgan fingerprint density at radius 3 is 2.67 bits per heavy atom. The summed E-state index contributed by atoms with van der Waals surface area (Å²) in [5, 5.41) is 8.30. The maximum atomic E-state index is 11.1. The summed E-state index contributed by atoms with van der Waals surface area (Å²) in [6.07, 6.45) is 3.15. The zero-order chi connectivity index (χ0) is 8.97. The van der Waals surface area contributed by atoms with E-state index in [1.807, 2.05) is 0 Å². The lowest BCUT2D eigenvalue weighted by atomic mass is 10.1. The number of ketones is 1. The van der Waals surface area contributed by atoms with Crippen LogP contribution in [0.4, 0.5) is 0 Å². The van der Waals surface area contributed by atoms with Crippen LogP contribution in [0.2, 0.25) is 0 Å². The van der Waals surface area contributed by atoms with Crippen LogP contribution in [0.1, 0.15) is 23.2 Å². The Bertz CT molecular complexity index is 277. The van der Waals surface area contributed by atoms with Gasteiger partial charge in [0.2, 0.25) is 0 Å². The summed E-state index contributed by atoms with van der Waals surface area (Å²) >= 11 is 0. The van der Waals surface area contributed by atoms with Crippen molar-refractivity contribution in [2.75, 3.05) is 0 Å². The van der Waals surface area contributed by atoms with Crippen molar-refractivity contribution in [1.29, 1.82) is 0 Å². The summed E-state index contributed by atoms with van der Waals surface area (Å²) in [7, 11) is 0. The van der Waals surface area contributed by atoms with Gasteiger partial charge in [-0.15, -0.1) is 0 Å². The van der Waals surface area contributed by atoms with E-state index in [2.05, 4.69) is 4.98 Å². The minimum atomic E-state index is -0.945. The molecule has 1 rings (SSSR count). The predicted molar refractivity (Wildman–Crippen MR) is 42.0 cm³/mol. The third-order valence-electron chi connectivity index (χ3n) is 1.49. The van der Waals surface area contributed by atoms with Crippen LogP contribution in [0, 0.1) is 0 Å². The number of carboxylic acid groups (broad SMARTS) is 1. The highest BCUT2D eigenvalue weighted by Gasteiger charge is 2.07. The number of rotatable bonds is 4. The molecule has 0 aliphatic carbocycles. The van der Waals surface area contributed by atoms with Crippen LogP contribution >= 0.6 is 0 Å². The highest BCUT2D eigenvalue weighted by Crippen LogP contribution is 2.03. The second-order valence-corrected chi connectivity index (χ2v) is 2.42. The smallest absolute Gasteiger partial charge is 0.303 e. The van der Waals surface area contributed by atoms with Crippen LogP contribution in [-0.2, 0) is 4.79 Å². The molecule has 12 heavy (non-hydrogen) atoms. The molecule has 4 heteroatoms. The molecule has 0 fully saturated rings. The molecule has 0 bridgehead atoms. The maximum Gasteiger partial charge on any atom is 0.303 e. The van der Waals surface area contributed by atoms with Crippen molar-refractivity contribution in [1.82, 2.24) is 4.98 Å². The average molecular weight is 167 g/mol.